The summed E-state index contributed by atoms with van der Waals surface area (Å²) in [5.41, 5.74) is 0.432. The van der Waals surface area contributed by atoms with Gasteiger partial charge in [-0.1, -0.05) is 24.3 Å². The largest absolute Gasteiger partial charge is 0.439 e. The number of pyridine rings is 1. The SMILES string of the molecule is CC(C)(CCO)OCc1cccc(Oc2ccccc2)n1. The Morgan fingerprint density at radius 3 is 2.52 bits per heavy atom. The maximum atomic E-state index is 8.99. The first-order valence-corrected chi connectivity index (χ1v) is 7.03. The number of para-hydroxylation sites is 1. The van der Waals surface area contributed by atoms with Crippen molar-refractivity contribution in [2.75, 3.05) is 6.61 Å². The zero-order valence-corrected chi connectivity index (χ0v) is 12.5. The molecule has 0 aliphatic carbocycles. The van der Waals surface area contributed by atoms with E-state index in [2.05, 4.69) is 4.98 Å². The standard InChI is InChI=1S/C17H21NO3/c1-17(2,11-12-19)20-13-14-7-6-10-16(18-14)21-15-8-4-3-5-9-15/h3-10,19H,11-13H2,1-2H3. The van der Waals surface area contributed by atoms with Gasteiger partial charge in [0.2, 0.25) is 5.88 Å². The van der Waals surface area contributed by atoms with Crippen LogP contribution in [-0.4, -0.2) is 22.3 Å². The number of aliphatic hydroxyl groups excluding tert-OH is 1. The number of ether oxygens (including phenoxy) is 2. The Bertz CT molecular complexity index is 555. The van der Waals surface area contributed by atoms with Gasteiger partial charge in [0, 0.05) is 12.7 Å². The third-order valence-electron chi connectivity index (χ3n) is 3.07. The highest BCUT2D eigenvalue weighted by Gasteiger charge is 2.17. The summed E-state index contributed by atoms with van der Waals surface area (Å²) in [5.74, 6) is 1.30. The first-order chi connectivity index (χ1) is 10.1. The molecular formula is C17H21NO3. The third-order valence-corrected chi connectivity index (χ3v) is 3.07. The lowest BCUT2D eigenvalue weighted by Crippen LogP contribution is -2.25. The zero-order valence-electron chi connectivity index (χ0n) is 12.5. The molecule has 0 saturated carbocycles. The van der Waals surface area contributed by atoms with E-state index in [1.165, 1.54) is 0 Å². The van der Waals surface area contributed by atoms with Crippen LogP contribution in [0.3, 0.4) is 0 Å². The van der Waals surface area contributed by atoms with Crippen LogP contribution in [0.4, 0.5) is 0 Å². The van der Waals surface area contributed by atoms with Crippen LogP contribution in [0, 0.1) is 0 Å². The molecule has 1 N–H and O–H groups in total. The molecule has 21 heavy (non-hydrogen) atoms. The summed E-state index contributed by atoms with van der Waals surface area (Å²) >= 11 is 0. The molecule has 2 aromatic rings. The molecule has 0 atom stereocenters. The smallest absolute Gasteiger partial charge is 0.219 e. The Hall–Kier alpha value is -1.91. The molecule has 1 aromatic heterocycles. The monoisotopic (exact) mass is 287 g/mol. The van der Waals surface area contributed by atoms with Crippen LogP contribution in [0.1, 0.15) is 26.0 Å². The van der Waals surface area contributed by atoms with Crippen molar-refractivity contribution in [3.05, 3.63) is 54.2 Å². The fourth-order valence-electron chi connectivity index (χ4n) is 1.81. The predicted octanol–water partition coefficient (Wildman–Crippen LogP) is 3.55. The quantitative estimate of drug-likeness (QED) is 0.846. The number of aliphatic hydroxyl groups is 1. The molecule has 2 rings (SSSR count). The highest BCUT2D eigenvalue weighted by atomic mass is 16.5. The van der Waals surface area contributed by atoms with Crippen molar-refractivity contribution in [2.45, 2.75) is 32.5 Å². The second-order valence-electron chi connectivity index (χ2n) is 5.40. The van der Waals surface area contributed by atoms with Crippen LogP contribution in [0.15, 0.2) is 48.5 Å². The number of hydrogen-bond donors (Lipinski definition) is 1. The second kappa shape index (κ2) is 7.20. The van der Waals surface area contributed by atoms with E-state index in [-0.39, 0.29) is 12.2 Å². The maximum Gasteiger partial charge on any atom is 0.219 e. The Morgan fingerprint density at radius 1 is 1.05 bits per heavy atom. The molecule has 0 bridgehead atoms. The predicted molar refractivity (Wildman–Crippen MR) is 81.3 cm³/mol. The summed E-state index contributed by atoms with van der Waals surface area (Å²) in [6, 6.07) is 15.1. The van der Waals surface area contributed by atoms with Gasteiger partial charge in [-0.05, 0) is 38.5 Å². The van der Waals surface area contributed by atoms with E-state index in [1.54, 1.807) is 0 Å². The van der Waals surface area contributed by atoms with E-state index in [1.807, 2.05) is 62.4 Å². The fraction of sp³-hybridized carbons (Fsp3) is 0.353. The van der Waals surface area contributed by atoms with Crippen LogP contribution in [-0.2, 0) is 11.3 Å². The molecule has 0 radical (unpaired) electrons. The molecule has 1 heterocycles. The lowest BCUT2D eigenvalue weighted by Gasteiger charge is -2.24. The van der Waals surface area contributed by atoms with E-state index in [0.717, 1.165) is 11.4 Å². The number of nitrogens with zero attached hydrogens (tertiary/aromatic N) is 1. The van der Waals surface area contributed by atoms with Gasteiger partial charge in [-0.3, -0.25) is 0 Å². The molecular weight excluding hydrogens is 266 g/mol. The van der Waals surface area contributed by atoms with Gasteiger partial charge in [-0.2, -0.15) is 0 Å². The van der Waals surface area contributed by atoms with Crippen molar-refractivity contribution < 1.29 is 14.6 Å². The molecule has 112 valence electrons. The minimum atomic E-state index is -0.368. The average Bonchev–Trinajstić information content (AvgIpc) is 2.47. The van der Waals surface area contributed by atoms with Crippen LogP contribution in [0.2, 0.25) is 0 Å². The highest BCUT2D eigenvalue weighted by molar-refractivity contribution is 5.27. The van der Waals surface area contributed by atoms with E-state index in [4.69, 9.17) is 14.6 Å². The molecule has 0 aliphatic heterocycles. The molecule has 0 saturated heterocycles. The summed E-state index contributed by atoms with van der Waals surface area (Å²) < 4.78 is 11.5. The van der Waals surface area contributed by atoms with Gasteiger partial charge in [0.25, 0.3) is 0 Å². The van der Waals surface area contributed by atoms with Gasteiger partial charge in [0.1, 0.15) is 5.75 Å². The average molecular weight is 287 g/mol. The van der Waals surface area contributed by atoms with Crippen LogP contribution in [0.5, 0.6) is 11.6 Å². The summed E-state index contributed by atoms with van der Waals surface area (Å²) in [6.07, 6.45) is 0.590. The zero-order chi connectivity index (χ0) is 15.1. The molecule has 0 fully saturated rings. The number of benzene rings is 1. The van der Waals surface area contributed by atoms with Crippen molar-refractivity contribution in [2.24, 2.45) is 0 Å². The van der Waals surface area contributed by atoms with Crippen molar-refractivity contribution in [3.63, 3.8) is 0 Å². The second-order valence-corrected chi connectivity index (χ2v) is 5.40. The fourth-order valence-corrected chi connectivity index (χ4v) is 1.81. The van der Waals surface area contributed by atoms with Crippen LogP contribution in [0.25, 0.3) is 0 Å². The van der Waals surface area contributed by atoms with E-state index in [9.17, 15) is 0 Å². The summed E-state index contributed by atoms with van der Waals surface area (Å²) in [5, 5.41) is 8.99. The van der Waals surface area contributed by atoms with Crippen LogP contribution < -0.4 is 4.74 Å². The lowest BCUT2D eigenvalue weighted by atomic mass is 10.1. The molecule has 1 aromatic carbocycles. The number of rotatable bonds is 7. The van der Waals surface area contributed by atoms with E-state index in [0.29, 0.717) is 18.9 Å². The molecule has 0 amide bonds. The van der Waals surface area contributed by atoms with Crippen molar-refractivity contribution >= 4 is 0 Å². The topological polar surface area (TPSA) is 51.6 Å². The highest BCUT2D eigenvalue weighted by Crippen LogP contribution is 2.20. The molecule has 4 heteroatoms. The molecule has 4 nitrogen and oxygen atoms in total. The Labute approximate surface area is 125 Å². The van der Waals surface area contributed by atoms with Crippen LogP contribution >= 0.6 is 0 Å². The van der Waals surface area contributed by atoms with Gasteiger partial charge >= 0.3 is 0 Å². The summed E-state index contributed by atoms with van der Waals surface area (Å²) in [6.45, 7) is 4.40. The normalized spacial score (nSPS) is 11.4. The Kier molecular flexibility index (Phi) is 5.31. The lowest BCUT2D eigenvalue weighted by molar-refractivity contribution is -0.0448. The van der Waals surface area contributed by atoms with E-state index < -0.39 is 0 Å². The van der Waals surface area contributed by atoms with Gasteiger partial charge in [0.15, 0.2) is 0 Å². The van der Waals surface area contributed by atoms with Gasteiger partial charge in [-0.15, -0.1) is 0 Å². The Morgan fingerprint density at radius 2 is 1.81 bits per heavy atom. The maximum absolute atomic E-state index is 8.99. The number of hydrogen-bond acceptors (Lipinski definition) is 4. The van der Waals surface area contributed by atoms with Crippen molar-refractivity contribution in [1.82, 2.24) is 4.98 Å². The van der Waals surface area contributed by atoms with Crippen molar-refractivity contribution in [1.29, 1.82) is 0 Å². The molecule has 0 aliphatic rings. The van der Waals surface area contributed by atoms with Crippen molar-refractivity contribution in [3.8, 4) is 11.6 Å². The minimum absolute atomic E-state index is 0.109. The first kappa shape index (κ1) is 15.5. The Balaban J connectivity index is 1.98. The first-order valence-electron chi connectivity index (χ1n) is 7.03. The van der Waals surface area contributed by atoms with Gasteiger partial charge < -0.3 is 14.6 Å². The summed E-state index contributed by atoms with van der Waals surface area (Å²) in [4.78, 5) is 4.42. The minimum Gasteiger partial charge on any atom is -0.439 e. The van der Waals surface area contributed by atoms with Gasteiger partial charge in [-0.25, -0.2) is 4.98 Å². The third kappa shape index (κ3) is 5.17. The number of aromatic nitrogens is 1. The van der Waals surface area contributed by atoms with E-state index >= 15 is 0 Å². The molecule has 0 unspecified atom stereocenters. The van der Waals surface area contributed by atoms with Gasteiger partial charge in [0.05, 0.1) is 17.9 Å². The summed E-state index contributed by atoms with van der Waals surface area (Å²) in [7, 11) is 0. The molecule has 0 spiro atoms.